The van der Waals surface area contributed by atoms with E-state index in [2.05, 4.69) is 20.7 Å². The van der Waals surface area contributed by atoms with E-state index in [0.29, 0.717) is 6.54 Å². The molecule has 0 saturated heterocycles. The number of aryl methyl sites for hydroxylation is 1. The molecule has 144 valence electrons. The van der Waals surface area contributed by atoms with Crippen molar-refractivity contribution in [2.75, 3.05) is 27.2 Å². The zero-order chi connectivity index (χ0) is 18.1. The standard InChI is InChI=1S/C18H27N5O2.HI/c1-14-11-22-23(13-14)10-9-20-18(19-3)21-12-15(2)25-17-8-6-5-7-16(17)24-4;/h5-8,11,13,15H,9-10,12H2,1-4H3,(H2,19,20,21);1H. The predicted molar refractivity (Wildman–Crippen MR) is 115 cm³/mol. The van der Waals surface area contributed by atoms with E-state index < -0.39 is 0 Å². The number of rotatable bonds is 8. The first-order valence-electron chi connectivity index (χ1n) is 8.35. The first-order valence-corrected chi connectivity index (χ1v) is 8.35. The fourth-order valence-corrected chi connectivity index (χ4v) is 2.31. The maximum Gasteiger partial charge on any atom is 0.191 e. The van der Waals surface area contributed by atoms with Crippen molar-refractivity contribution in [3.63, 3.8) is 0 Å². The molecule has 0 spiro atoms. The number of hydrogen-bond donors (Lipinski definition) is 2. The first kappa shape index (κ1) is 22.1. The second-order valence-electron chi connectivity index (χ2n) is 5.74. The third-order valence-corrected chi connectivity index (χ3v) is 3.57. The average Bonchev–Trinajstić information content (AvgIpc) is 3.03. The van der Waals surface area contributed by atoms with Crippen molar-refractivity contribution < 1.29 is 9.47 Å². The molecule has 7 nitrogen and oxygen atoms in total. The van der Waals surface area contributed by atoms with Gasteiger partial charge in [0.25, 0.3) is 0 Å². The fraction of sp³-hybridized carbons (Fsp3) is 0.444. The van der Waals surface area contributed by atoms with E-state index >= 15 is 0 Å². The van der Waals surface area contributed by atoms with Gasteiger partial charge in [0.05, 0.1) is 26.4 Å². The Labute approximate surface area is 172 Å². The lowest BCUT2D eigenvalue weighted by atomic mass is 10.3. The van der Waals surface area contributed by atoms with Crippen molar-refractivity contribution in [1.29, 1.82) is 0 Å². The number of aromatic nitrogens is 2. The molecule has 1 aromatic carbocycles. The molecule has 0 aliphatic rings. The van der Waals surface area contributed by atoms with Crippen LogP contribution in [0, 0.1) is 6.92 Å². The summed E-state index contributed by atoms with van der Waals surface area (Å²) in [6, 6.07) is 7.62. The maximum atomic E-state index is 5.92. The molecule has 0 fully saturated rings. The van der Waals surface area contributed by atoms with Gasteiger partial charge in [-0.15, -0.1) is 24.0 Å². The zero-order valence-corrected chi connectivity index (χ0v) is 18.1. The van der Waals surface area contributed by atoms with Crippen molar-refractivity contribution in [2.24, 2.45) is 4.99 Å². The van der Waals surface area contributed by atoms with E-state index in [1.807, 2.05) is 55.2 Å². The molecule has 26 heavy (non-hydrogen) atoms. The molecule has 2 rings (SSSR count). The van der Waals surface area contributed by atoms with Crippen LogP contribution in [0.5, 0.6) is 11.5 Å². The molecule has 1 aromatic heterocycles. The van der Waals surface area contributed by atoms with Crippen LogP contribution in [0.25, 0.3) is 0 Å². The lowest BCUT2D eigenvalue weighted by molar-refractivity contribution is 0.213. The molecule has 0 bridgehead atoms. The van der Waals surface area contributed by atoms with Gasteiger partial charge in [-0.05, 0) is 31.5 Å². The Hall–Kier alpha value is -1.97. The van der Waals surface area contributed by atoms with Crippen LogP contribution in [0.1, 0.15) is 12.5 Å². The van der Waals surface area contributed by atoms with Gasteiger partial charge < -0.3 is 20.1 Å². The van der Waals surface area contributed by atoms with Crippen molar-refractivity contribution in [1.82, 2.24) is 20.4 Å². The Bertz CT molecular complexity index is 690. The Morgan fingerprint density at radius 1 is 1.27 bits per heavy atom. The number of guanidine groups is 1. The van der Waals surface area contributed by atoms with Crippen LogP contribution in [0.2, 0.25) is 0 Å². The highest BCUT2D eigenvalue weighted by Crippen LogP contribution is 2.26. The van der Waals surface area contributed by atoms with E-state index in [-0.39, 0.29) is 30.1 Å². The Balaban J connectivity index is 0.00000338. The summed E-state index contributed by atoms with van der Waals surface area (Å²) in [5, 5.41) is 10.8. The number of methoxy groups -OCH3 is 1. The Morgan fingerprint density at radius 3 is 2.62 bits per heavy atom. The third kappa shape index (κ3) is 7.11. The number of para-hydroxylation sites is 2. The molecule has 2 aromatic rings. The summed E-state index contributed by atoms with van der Waals surface area (Å²) in [7, 11) is 3.39. The highest BCUT2D eigenvalue weighted by atomic mass is 127. The Morgan fingerprint density at radius 2 is 2.00 bits per heavy atom. The maximum absolute atomic E-state index is 5.92. The second-order valence-corrected chi connectivity index (χ2v) is 5.74. The molecule has 1 unspecified atom stereocenters. The van der Waals surface area contributed by atoms with Gasteiger partial charge in [-0.2, -0.15) is 5.10 Å². The minimum absolute atomic E-state index is 0. The van der Waals surface area contributed by atoms with E-state index in [9.17, 15) is 0 Å². The predicted octanol–water partition coefficient (Wildman–Crippen LogP) is 2.45. The molecule has 0 aliphatic heterocycles. The molecule has 2 N–H and O–H groups in total. The molecule has 0 aliphatic carbocycles. The fourth-order valence-electron chi connectivity index (χ4n) is 2.31. The van der Waals surface area contributed by atoms with Crippen LogP contribution in [0.15, 0.2) is 41.7 Å². The smallest absolute Gasteiger partial charge is 0.191 e. The number of benzene rings is 1. The highest BCUT2D eigenvalue weighted by Gasteiger charge is 2.09. The van der Waals surface area contributed by atoms with Gasteiger partial charge in [0, 0.05) is 19.8 Å². The minimum atomic E-state index is -0.0383. The first-order chi connectivity index (χ1) is 12.1. The summed E-state index contributed by atoms with van der Waals surface area (Å²) in [6.07, 6.45) is 3.83. The molecule has 0 radical (unpaired) electrons. The van der Waals surface area contributed by atoms with Gasteiger partial charge in [0.15, 0.2) is 17.5 Å². The zero-order valence-electron chi connectivity index (χ0n) is 15.7. The van der Waals surface area contributed by atoms with Crippen LogP contribution in [0.4, 0.5) is 0 Å². The second kappa shape index (κ2) is 11.6. The topological polar surface area (TPSA) is 72.7 Å². The van der Waals surface area contributed by atoms with E-state index in [4.69, 9.17) is 9.47 Å². The molecule has 8 heteroatoms. The summed E-state index contributed by atoms with van der Waals surface area (Å²) in [5.74, 6) is 2.20. The van der Waals surface area contributed by atoms with Gasteiger partial charge >= 0.3 is 0 Å². The van der Waals surface area contributed by atoms with Gasteiger partial charge in [-0.25, -0.2) is 0 Å². The summed E-state index contributed by atoms with van der Waals surface area (Å²) in [4.78, 5) is 4.22. The summed E-state index contributed by atoms with van der Waals surface area (Å²) >= 11 is 0. The van der Waals surface area contributed by atoms with E-state index in [1.54, 1.807) is 14.2 Å². The average molecular weight is 473 g/mol. The van der Waals surface area contributed by atoms with Crippen molar-refractivity contribution >= 4 is 29.9 Å². The molecule has 0 amide bonds. The van der Waals surface area contributed by atoms with Crippen LogP contribution >= 0.6 is 24.0 Å². The van der Waals surface area contributed by atoms with Gasteiger partial charge in [-0.3, -0.25) is 9.67 Å². The number of ether oxygens (including phenoxy) is 2. The van der Waals surface area contributed by atoms with E-state index in [1.165, 1.54) is 0 Å². The molecule has 1 heterocycles. The number of halogens is 1. The van der Waals surface area contributed by atoms with Crippen LogP contribution in [-0.2, 0) is 6.54 Å². The summed E-state index contributed by atoms with van der Waals surface area (Å²) < 4.78 is 13.1. The lowest BCUT2D eigenvalue weighted by Crippen LogP contribution is -2.42. The normalized spacial score (nSPS) is 12.1. The Kier molecular flexibility index (Phi) is 9.85. The quantitative estimate of drug-likeness (QED) is 0.350. The molecule has 0 saturated carbocycles. The third-order valence-electron chi connectivity index (χ3n) is 3.57. The number of hydrogen-bond acceptors (Lipinski definition) is 4. The molecule has 1 atom stereocenters. The van der Waals surface area contributed by atoms with Gasteiger partial charge in [-0.1, -0.05) is 12.1 Å². The number of nitrogens with zero attached hydrogens (tertiary/aromatic N) is 3. The molecular weight excluding hydrogens is 445 g/mol. The largest absolute Gasteiger partial charge is 0.493 e. The lowest BCUT2D eigenvalue weighted by Gasteiger charge is -2.19. The van der Waals surface area contributed by atoms with Crippen molar-refractivity contribution in [2.45, 2.75) is 26.5 Å². The van der Waals surface area contributed by atoms with Crippen molar-refractivity contribution in [3.05, 3.63) is 42.2 Å². The SMILES string of the molecule is CN=C(NCCn1cc(C)cn1)NCC(C)Oc1ccccc1OC.I. The summed E-state index contributed by atoms with van der Waals surface area (Å²) in [5.41, 5.74) is 1.16. The van der Waals surface area contributed by atoms with Crippen LogP contribution < -0.4 is 20.1 Å². The number of nitrogens with one attached hydrogen (secondary N) is 2. The molecular formula is C18H28IN5O2. The minimum Gasteiger partial charge on any atom is -0.493 e. The van der Waals surface area contributed by atoms with Crippen LogP contribution in [-0.4, -0.2) is 49.1 Å². The summed E-state index contributed by atoms with van der Waals surface area (Å²) in [6.45, 7) is 6.17. The van der Waals surface area contributed by atoms with E-state index in [0.717, 1.165) is 36.1 Å². The van der Waals surface area contributed by atoms with Gasteiger partial charge in [0.1, 0.15) is 6.10 Å². The number of aliphatic imine (C=N–C) groups is 1. The van der Waals surface area contributed by atoms with Crippen molar-refractivity contribution in [3.8, 4) is 11.5 Å². The van der Waals surface area contributed by atoms with Crippen LogP contribution in [0.3, 0.4) is 0 Å². The highest BCUT2D eigenvalue weighted by molar-refractivity contribution is 14.0. The van der Waals surface area contributed by atoms with Gasteiger partial charge in [0.2, 0.25) is 0 Å². The monoisotopic (exact) mass is 473 g/mol.